The number of anilines is 1. The Morgan fingerprint density at radius 1 is 1.13 bits per heavy atom. The molecule has 154 valence electrons. The van der Waals surface area contributed by atoms with Crippen LogP contribution in [0.3, 0.4) is 0 Å². The molecule has 1 fully saturated rings. The molecule has 1 aromatic heterocycles. The van der Waals surface area contributed by atoms with Gasteiger partial charge in [0.25, 0.3) is 5.91 Å². The minimum absolute atomic E-state index is 0.0742. The lowest BCUT2D eigenvalue weighted by Crippen LogP contribution is -2.25. The summed E-state index contributed by atoms with van der Waals surface area (Å²) in [4.78, 5) is 30.0. The fourth-order valence-corrected chi connectivity index (χ4v) is 4.14. The largest absolute Gasteiger partial charge is 0.349 e. The minimum atomic E-state index is -0.0806. The number of hydrogen-bond acceptors (Lipinski definition) is 4. The van der Waals surface area contributed by atoms with Gasteiger partial charge in [0.15, 0.2) is 0 Å². The number of fused-ring (bicyclic) bond motifs is 1. The van der Waals surface area contributed by atoms with Crippen molar-refractivity contribution in [2.45, 2.75) is 44.2 Å². The van der Waals surface area contributed by atoms with E-state index in [1.807, 2.05) is 49.4 Å². The van der Waals surface area contributed by atoms with Crippen molar-refractivity contribution in [1.29, 1.82) is 0 Å². The molecule has 1 aliphatic carbocycles. The van der Waals surface area contributed by atoms with Gasteiger partial charge in [-0.3, -0.25) is 9.59 Å². The molecule has 1 saturated carbocycles. The van der Waals surface area contributed by atoms with Crippen LogP contribution >= 0.6 is 11.8 Å². The van der Waals surface area contributed by atoms with Crippen molar-refractivity contribution >= 4 is 40.2 Å². The molecular weight excluding hydrogens is 394 g/mol. The number of aromatic nitrogens is 1. The monoisotopic (exact) mass is 419 g/mol. The molecule has 0 bridgehead atoms. The van der Waals surface area contributed by atoms with E-state index in [9.17, 15) is 9.59 Å². The van der Waals surface area contributed by atoms with Crippen LogP contribution in [0.25, 0.3) is 10.9 Å². The summed E-state index contributed by atoms with van der Waals surface area (Å²) in [5.74, 6) is 0.0739. The molecule has 4 rings (SSSR count). The zero-order valence-electron chi connectivity index (χ0n) is 17.2. The second-order valence-corrected chi connectivity index (χ2v) is 8.57. The highest BCUT2D eigenvalue weighted by Crippen LogP contribution is 2.27. The molecule has 2 aromatic carbocycles. The van der Waals surface area contributed by atoms with E-state index in [1.54, 1.807) is 6.07 Å². The Labute approximate surface area is 180 Å². The van der Waals surface area contributed by atoms with E-state index < -0.39 is 0 Å². The Balaban J connectivity index is 1.51. The van der Waals surface area contributed by atoms with Crippen LogP contribution in [0.4, 0.5) is 5.69 Å². The van der Waals surface area contributed by atoms with E-state index in [4.69, 9.17) is 0 Å². The van der Waals surface area contributed by atoms with Crippen molar-refractivity contribution in [3.05, 3.63) is 65.2 Å². The molecule has 1 heterocycles. The van der Waals surface area contributed by atoms with Crippen LogP contribution in [0, 0.1) is 6.92 Å². The molecule has 2 amide bonds. The summed E-state index contributed by atoms with van der Waals surface area (Å²) in [6, 6.07) is 15.7. The van der Waals surface area contributed by atoms with E-state index in [0.29, 0.717) is 10.6 Å². The highest BCUT2D eigenvalue weighted by Gasteiger charge is 2.25. The first-order chi connectivity index (χ1) is 14.5. The van der Waals surface area contributed by atoms with Crippen molar-refractivity contribution in [1.82, 2.24) is 10.3 Å². The normalized spacial score (nSPS) is 13.3. The van der Waals surface area contributed by atoms with Crippen LogP contribution in [0.1, 0.15) is 41.3 Å². The predicted molar refractivity (Wildman–Crippen MR) is 122 cm³/mol. The average Bonchev–Trinajstić information content (AvgIpc) is 3.57. The van der Waals surface area contributed by atoms with E-state index >= 15 is 0 Å². The molecule has 1 aliphatic rings. The summed E-state index contributed by atoms with van der Waals surface area (Å²) < 4.78 is 0. The maximum Gasteiger partial charge on any atom is 0.252 e. The molecule has 2 N–H and O–H groups in total. The lowest BCUT2D eigenvalue weighted by molar-refractivity contribution is -0.113. The van der Waals surface area contributed by atoms with Gasteiger partial charge in [0, 0.05) is 17.1 Å². The van der Waals surface area contributed by atoms with E-state index in [1.165, 1.54) is 11.8 Å². The van der Waals surface area contributed by atoms with Crippen molar-refractivity contribution in [2.24, 2.45) is 0 Å². The van der Waals surface area contributed by atoms with E-state index in [0.717, 1.165) is 47.0 Å². The standard InChI is InChI=1S/C24H25N3O2S/c1-3-16-8-6-7-15(2)23(16)27-21(28)14-30-22-13-19(24(29)25-17-11-12-17)18-9-4-5-10-20(18)26-22/h4-10,13,17H,3,11-12,14H2,1-2H3,(H,25,29)(H,27,28). The van der Waals surface area contributed by atoms with E-state index in [2.05, 4.69) is 22.5 Å². The Morgan fingerprint density at radius 2 is 1.93 bits per heavy atom. The Bertz CT molecular complexity index is 1110. The molecular formula is C24H25N3O2S. The number of carbonyl (C=O) groups is 2. The quantitative estimate of drug-likeness (QED) is 0.543. The summed E-state index contributed by atoms with van der Waals surface area (Å²) in [5, 5.41) is 7.59. The third-order valence-electron chi connectivity index (χ3n) is 5.21. The number of amides is 2. The lowest BCUT2D eigenvalue weighted by Gasteiger charge is -2.13. The molecule has 0 atom stereocenters. The van der Waals surface area contributed by atoms with Crippen molar-refractivity contribution in [3.8, 4) is 0 Å². The molecule has 0 saturated heterocycles. The lowest BCUT2D eigenvalue weighted by atomic mass is 10.1. The Kier molecular flexibility index (Phi) is 6.04. The fraction of sp³-hybridized carbons (Fsp3) is 0.292. The summed E-state index contributed by atoms with van der Waals surface area (Å²) in [7, 11) is 0. The van der Waals surface area contributed by atoms with Gasteiger partial charge < -0.3 is 10.6 Å². The zero-order valence-corrected chi connectivity index (χ0v) is 18.0. The van der Waals surface area contributed by atoms with Crippen LogP contribution in [0.5, 0.6) is 0 Å². The highest BCUT2D eigenvalue weighted by atomic mass is 32.2. The third-order valence-corrected chi connectivity index (χ3v) is 6.12. The number of para-hydroxylation sites is 2. The number of thioether (sulfide) groups is 1. The first-order valence-electron chi connectivity index (χ1n) is 10.3. The number of rotatable bonds is 7. The molecule has 0 aliphatic heterocycles. The molecule has 3 aromatic rings. The number of nitrogens with one attached hydrogen (secondary N) is 2. The van der Waals surface area contributed by atoms with Gasteiger partial charge in [0.05, 0.1) is 21.9 Å². The summed E-state index contributed by atoms with van der Waals surface area (Å²) in [5.41, 5.74) is 4.44. The average molecular weight is 420 g/mol. The predicted octanol–water partition coefficient (Wildman–Crippen LogP) is 4.73. The van der Waals surface area contributed by atoms with Crippen molar-refractivity contribution < 1.29 is 9.59 Å². The van der Waals surface area contributed by atoms with Gasteiger partial charge in [0.1, 0.15) is 0 Å². The van der Waals surface area contributed by atoms with Crippen molar-refractivity contribution in [2.75, 3.05) is 11.1 Å². The molecule has 0 spiro atoms. The highest BCUT2D eigenvalue weighted by molar-refractivity contribution is 7.99. The van der Waals surface area contributed by atoms with Gasteiger partial charge >= 0.3 is 0 Å². The molecule has 6 heteroatoms. The number of hydrogen-bond donors (Lipinski definition) is 2. The SMILES string of the molecule is CCc1cccc(C)c1NC(=O)CSc1cc(C(=O)NC2CC2)c2ccccc2n1. The molecule has 0 radical (unpaired) electrons. The summed E-state index contributed by atoms with van der Waals surface area (Å²) >= 11 is 1.34. The first-order valence-corrected chi connectivity index (χ1v) is 11.3. The first kappa shape index (κ1) is 20.4. The Morgan fingerprint density at radius 3 is 2.70 bits per heavy atom. The molecule has 5 nitrogen and oxygen atoms in total. The van der Waals surface area contributed by atoms with Crippen LogP contribution in [-0.2, 0) is 11.2 Å². The third kappa shape index (κ3) is 4.65. The maximum atomic E-state index is 12.7. The van der Waals surface area contributed by atoms with Crippen LogP contribution in [0.2, 0.25) is 0 Å². The van der Waals surface area contributed by atoms with Gasteiger partial charge in [-0.25, -0.2) is 4.98 Å². The number of carbonyl (C=O) groups excluding carboxylic acids is 2. The number of aryl methyl sites for hydroxylation is 2. The smallest absolute Gasteiger partial charge is 0.252 e. The zero-order chi connectivity index (χ0) is 21.1. The maximum absolute atomic E-state index is 12.7. The summed E-state index contributed by atoms with van der Waals surface area (Å²) in [6.07, 6.45) is 2.93. The van der Waals surface area contributed by atoms with Gasteiger partial charge in [-0.05, 0) is 49.4 Å². The van der Waals surface area contributed by atoms with E-state index in [-0.39, 0.29) is 23.6 Å². The van der Waals surface area contributed by atoms with Crippen LogP contribution < -0.4 is 10.6 Å². The van der Waals surface area contributed by atoms with Crippen LogP contribution in [-0.4, -0.2) is 28.6 Å². The van der Waals surface area contributed by atoms with Gasteiger partial charge in [-0.15, -0.1) is 0 Å². The number of pyridine rings is 1. The van der Waals surface area contributed by atoms with Crippen molar-refractivity contribution in [3.63, 3.8) is 0 Å². The topological polar surface area (TPSA) is 71.1 Å². The fourth-order valence-electron chi connectivity index (χ4n) is 3.42. The number of nitrogens with zero attached hydrogens (tertiary/aromatic N) is 1. The van der Waals surface area contributed by atoms with Gasteiger partial charge in [-0.2, -0.15) is 0 Å². The van der Waals surface area contributed by atoms with Gasteiger partial charge in [0.2, 0.25) is 5.91 Å². The number of benzene rings is 2. The van der Waals surface area contributed by atoms with Gasteiger partial charge in [-0.1, -0.05) is 55.1 Å². The Hall–Kier alpha value is -2.86. The molecule has 30 heavy (non-hydrogen) atoms. The van der Waals surface area contributed by atoms with Crippen LogP contribution in [0.15, 0.2) is 53.6 Å². The second-order valence-electron chi connectivity index (χ2n) is 7.57. The molecule has 0 unspecified atom stereocenters. The second kappa shape index (κ2) is 8.88. The minimum Gasteiger partial charge on any atom is -0.349 e. The summed E-state index contributed by atoms with van der Waals surface area (Å²) in [6.45, 7) is 4.07.